The topological polar surface area (TPSA) is 103 Å². The van der Waals surface area contributed by atoms with Gasteiger partial charge in [0.15, 0.2) is 6.10 Å². The van der Waals surface area contributed by atoms with Gasteiger partial charge in [-0.2, -0.15) is 0 Å². The van der Waals surface area contributed by atoms with Crippen LogP contribution in [0.25, 0.3) is 0 Å². The molecule has 2 fully saturated rings. The normalized spacial score (nSPS) is 39.4. The molecule has 0 radical (unpaired) electrons. The van der Waals surface area contributed by atoms with Crippen LogP contribution in [0.2, 0.25) is 0 Å². The van der Waals surface area contributed by atoms with Crippen LogP contribution >= 0.6 is 0 Å². The Hall–Kier alpha value is -1.67. The van der Waals surface area contributed by atoms with E-state index in [9.17, 15) is 14.4 Å². The van der Waals surface area contributed by atoms with Gasteiger partial charge in [-0.1, -0.05) is 6.92 Å². The van der Waals surface area contributed by atoms with Gasteiger partial charge in [-0.05, 0) is 46.1 Å². The minimum Gasteiger partial charge on any atom is -0.461 e. The molecule has 1 unspecified atom stereocenters. The van der Waals surface area contributed by atoms with E-state index in [0.717, 1.165) is 13.0 Å². The standard InChI is InChI=1S/C19H32N2O6/c1-11-8-19(4,25-5)7-6-14(22)12(2)17(23)26-10-15-16(13(3)20-9-11)21-18(24)27-15/h11-13,15-16,20H,6-10H2,1-5H3,(H,21,24)/t11-,12?,13-,15-,16-,19+/m1/s1. The number of carbonyl (C=O) groups excluding carboxylic acids is 3. The van der Waals surface area contributed by atoms with E-state index < -0.39 is 29.7 Å². The number of methoxy groups -OCH3 is 1. The summed E-state index contributed by atoms with van der Waals surface area (Å²) in [5, 5.41) is 6.20. The second-order valence-corrected chi connectivity index (χ2v) is 8.09. The predicted octanol–water partition coefficient (Wildman–Crippen LogP) is 1.42. The number of alkyl carbamates (subject to hydrolysis) is 1. The van der Waals surface area contributed by atoms with Crippen molar-refractivity contribution in [1.29, 1.82) is 0 Å². The highest BCUT2D eigenvalue weighted by molar-refractivity contribution is 5.98. The summed E-state index contributed by atoms with van der Waals surface area (Å²) in [6.07, 6.45) is 0.451. The molecule has 0 bridgehead atoms. The van der Waals surface area contributed by atoms with Crippen molar-refractivity contribution in [2.45, 2.75) is 70.7 Å². The van der Waals surface area contributed by atoms with E-state index in [0.29, 0.717) is 12.3 Å². The molecule has 154 valence electrons. The summed E-state index contributed by atoms with van der Waals surface area (Å²) in [5.74, 6) is -1.32. The third-order valence-electron chi connectivity index (χ3n) is 5.67. The molecule has 2 saturated heterocycles. The van der Waals surface area contributed by atoms with E-state index >= 15 is 0 Å². The minimum absolute atomic E-state index is 0.0689. The highest BCUT2D eigenvalue weighted by Crippen LogP contribution is 2.27. The van der Waals surface area contributed by atoms with Crippen LogP contribution < -0.4 is 10.6 Å². The number of carbonyl (C=O) groups is 3. The fourth-order valence-electron chi connectivity index (χ4n) is 3.69. The number of hydrogen-bond acceptors (Lipinski definition) is 7. The molecule has 0 saturated carbocycles. The van der Waals surface area contributed by atoms with Crippen LogP contribution in [0.15, 0.2) is 0 Å². The van der Waals surface area contributed by atoms with Crippen LogP contribution in [0.3, 0.4) is 0 Å². The molecule has 0 aliphatic carbocycles. The summed E-state index contributed by atoms with van der Waals surface area (Å²) in [4.78, 5) is 36.3. The van der Waals surface area contributed by atoms with Crippen molar-refractivity contribution in [2.24, 2.45) is 11.8 Å². The second kappa shape index (κ2) is 9.01. The molecule has 0 aromatic heterocycles. The Morgan fingerprint density at radius 1 is 1.19 bits per heavy atom. The number of rotatable bonds is 1. The molecule has 2 rings (SSSR count). The Bertz CT molecular complexity index is 568. The van der Waals surface area contributed by atoms with Crippen molar-refractivity contribution in [1.82, 2.24) is 10.6 Å². The first-order chi connectivity index (χ1) is 12.6. The highest BCUT2D eigenvalue weighted by atomic mass is 16.6. The summed E-state index contributed by atoms with van der Waals surface area (Å²) in [7, 11) is 1.65. The fraction of sp³-hybridized carbons (Fsp3) is 0.842. The maximum atomic E-state index is 12.4. The van der Waals surface area contributed by atoms with E-state index in [1.54, 1.807) is 14.0 Å². The van der Waals surface area contributed by atoms with Gasteiger partial charge < -0.3 is 24.8 Å². The summed E-state index contributed by atoms with van der Waals surface area (Å²) in [5.41, 5.74) is -0.447. The van der Waals surface area contributed by atoms with Gasteiger partial charge in [0.05, 0.1) is 11.6 Å². The number of fused-ring (bicyclic) bond motifs is 1. The summed E-state index contributed by atoms with van der Waals surface area (Å²) in [6, 6.07) is -0.386. The zero-order chi connectivity index (χ0) is 20.2. The maximum absolute atomic E-state index is 12.4. The van der Waals surface area contributed by atoms with Crippen molar-refractivity contribution in [2.75, 3.05) is 20.3 Å². The molecule has 0 spiro atoms. The van der Waals surface area contributed by atoms with Gasteiger partial charge in [0.1, 0.15) is 18.3 Å². The smallest absolute Gasteiger partial charge is 0.408 e. The number of esters is 1. The number of ether oxygens (including phenoxy) is 3. The number of Topliss-reactive ketones (excluding diaryl/α,β-unsaturated/α-hetero) is 1. The van der Waals surface area contributed by atoms with Crippen molar-refractivity contribution < 1.29 is 28.6 Å². The number of nitrogens with one attached hydrogen (secondary N) is 2. The molecule has 8 nitrogen and oxygen atoms in total. The van der Waals surface area contributed by atoms with Crippen molar-refractivity contribution in [3.05, 3.63) is 0 Å². The lowest BCUT2D eigenvalue weighted by atomic mass is 9.86. The average Bonchev–Trinajstić information content (AvgIpc) is 3.01. The number of amides is 1. The Labute approximate surface area is 160 Å². The largest absolute Gasteiger partial charge is 0.461 e. The summed E-state index contributed by atoms with van der Waals surface area (Å²) in [6.45, 7) is 8.27. The van der Waals surface area contributed by atoms with Gasteiger partial charge >= 0.3 is 12.1 Å². The highest BCUT2D eigenvalue weighted by Gasteiger charge is 2.39. The van der Waals surface area contributed by atoms with Crippen molar-refractivity contribution in [3.8, 4) is 0 Å². The van der Waals surface area contributed by atoms with Gasteiger partial charge in [-0.25, -0.2) is 4.79 Å². The zero-order valence-corrected chi connectivity index (χ0v) is 16.9. The van der Waals surface area contributed by atoms with Crippen molar-refractivity contribution >= 4 is 17.8 Å². The summed E-state index contributed by atoms with van der Waals surface area (Å²) < 4.78 is 16.2. The van der Waals surface area contributed by atoms with Crippen LogP contribution in [0.1, 0.15) is 47.0 Å². The van der Waals surface area contributed by atoms with E-state index in [2.05, 4.69) is 17.6 Å². The predicted molar refractivity (Wildman–Crippen MR) is 98.2 cm³/mol. The Balaban J connectivity index is 2.17. The van der Waals surface area contributed by atoms with Gasteiger partial charge in [0, 0.05) is 19.6 Å². The Morgan fingerprint density at radius 2 is 1.89 bits per heavy atom. The first kappa shape index (κ1) is 21.6. The SMILES string of the molecule is CO[C@@]1(C)CCC(=O)C(C)C(=O)OC[C@H]2OC(=O)N[C@@H]2[C@@H](C)NC[C@H](C)C1. The van der Waals surface area contributed by atoms with Crippen LogP contribution in [0, 0.1) is 11.8 Å². The molecule has 6 atom stereocenters. The van der Waals surface area contributed by atoms with Gasteiger partial charge in [-0.3, -0.25) is 9.59 Å². The molecule has 2 aliphatic rings. The molecule has 2 N–H and O–H groups in total. The molecular weight excluding hydrogens is 352 g/mol. The summed E-state index contributed by atoms with van der Waals surface area (Å²) >= 11 is 0. The quantitative estimate of drug-likeness (QED) is 0.520. The minimum atomic E-state index is -0.854. The lowest BCUT2D eigenvalue weighted by Gasteiger charge is -2.32. The lowest BCUT2D eigenvalue weighted by Crippen LogP contribution is -2.51. The number of cyclic esters (lactones) is 1. The Morgan fingerprint density at radius 3 is 2.56 bits per heavy atom. The van der Waals surface area contributed by atoms with Crippen molar-refractivity contribution in [3.63, 3.8) is 0 Å². The van der Waals surface area contributed by atoms with E-state index in [4.69, 9.17) is 14.2 Å². The van der Waals surface area contributed by atoms with E-state index in [1.807, 2.05) is 13.8 Å². The maximum Gasteiger partial charge on any atom is 0.408 e. The zero-order valence-electron chi connectivity index (χ0n) is 16.9. The van der Waals surface area contributed by atoms with Crippen LogP contribution in [0.4, 0.5) is 4.79 Å². The molecule has 27 heavy (non-hydrogen) atoms. The fourth-order valence-corrected chi connectivity index (χ4v) is 3.69. The van der Waals surface area contributed by atoms with Gasteiger partial charge in [0.2, 0.25) is 0 Å². The third kappa shape index (κ3) is 5.65. The molecule has 1 amide bonds. The first-order valence-corrected chi connectivity index (χ1v) is 9.60. The molecule has 0 aromatic carbocycles. The molecule has 8 heteroatoms. The first-order valence-electron chi connectivity index (χ1n) is 9.60. The third-order valence-corrected chi connectivity index (χ3v) is 5.67. The van der Waals surface area contributed by atoms with Crippen LogP contribution in [0.5, 0.6) is 0 Å². The average molecular weight is 384 g/mol. The molecular formula is C19H32N2O6. The van der Waals surface area contributed by atoms with Crippen LogP contribution in [-0.2, 0) is 23.8 Å². The van der Waals surface area contributed by atoms with Gasteiger partial charge in [-0.15, -0.1) is 0 Å². The lowest BCUT2D eigenvalue weighted by molar-refractivity contribution is -0.154. The number of hydrogen-bond donors (Lipinski definition) is 2. The second-order valence-electron chi connectivity index (χ2n) is 8.09. The molecule has 0 aromatic rings. The molecule has 2 heterocycles. The van der Waals surface area contributed by atoms with E-state index in [1.165, 1.54) is 0 Å². The van der Waals surface area contributed by atoms with Gasteiger partial charge in [0.25, 0.3) is 0 Å². The number of ketones is 1. The molecule has 2 aliphatic heterocycles. The van der Waals surface area contributed by atoms with E-state index in [-0.39, 0.29) is 30.9 Å². The Kier molecular flexibility index (Phi) is 7.22. The van der Waals surface area contributed by atoms with Crippen LogP contribution in [-0.4, -0.2) is 61.9 Å². The monoisotopic (exact) mass is 384 g/mol.